The van der Waals surface area contributed by atoms with Crippen LogP contribution in [0.2, 0.25) is 0 Å². The quantitative estimate of drug-likeness (QED) is 0.138. The zero-order valence-corrected chi connectivity index (χ0v) is 29.2. The van der Waals surface area contributed by atoms with E-state index in [0.29, 0.717) is 44.9 Å². The molecule has 1 aromatic heterocycles. The van der Waals surface area contributed by atoms with Crippen molar-refractivity contribution in [2.75, 3.05) is 19.8 Å². The van der Waals surface area contributed by atoms with Gasteiger partial charge in [0.25, 0.3) is 0 Å². The van der Waals surface area contributed by atoms with Crippen LogP contribution in [-0.2, 0) is 18.9 Å². The van der Waals surface area contributed by atoms with Crippen molar-refractivity contribution < 1.29 is 74.4 Å². The Morgan fingerprint density at radius 1 is 0.769 bits per heavy atom. The summed E-state index contributed by atoms with van der Waals surface area (Å²) in [7, 11) is 0. The van der Waals surface area contributed by atoms with Gasteiger partial charge in [-0.3, -0.25) is 0 Å². The van der Waals surface area contributed by atoms with Crippen molar-refractivity contribution in [3.8, 4) is 0 Å². The molecule has 2 aliphatic heterocycles. The molecule has 16 heteroatoms. The van der Waals surface area contributed by atoms with Gasteiger partial charge in [0, 0.05) is 23.3 Å². The van der Waals surface area contributed by atoms with E-state index in [1.54, 1.807) is 6.07 Å². The van der Waals surface area contributed by atoms with Gasteiger partial charge in [-0.25, -0.2) is 4.79 Å². The molecule has 0 spiro atoms. The van der Waals surface area contributed by atoms with Crippen LogP contribution in [0.5, 0.6) is 0 Å². The molecular weight excluding hydrogens is 688 g/mol. The first-order valence-corrected chi connectivity index (χ1v) is 18.5. The average Bonchev–Trinajstić information content (AvgIpc) is 3.41. The molecule has 2 saturated heterocycles. The fourth-order valence-electron chi connectivity index (χ4n) is 11.5. The van der Waals surface area contributed by atoms with Crippen LogP contribution in [0.25, 0.3) is 0 Å². The number of aliphatic hydroxyl groups is 10. The lowest BCUT2D eigenvalue weighted by Gasteiger charge is -2.66. The minimum Gasteiger partial charge on any atom is -0.431 e. The second kappa shape index (κ2) is 14.2. The number of hydrogen-bond acceptors (Lipinski definition) is 16. The normalized spacial score (nSPS) is 52.1. The molecule has 0 radical (unpaired) electrons. The van der Waals surface area contributed by atoms with Crippen LogP contribution in [-0.4, -0.2) is 150 Å². The highest BCUT2D eigenvalue weighted by Crippen LogP contribution is 2.71. The summed E-state index contributed by atoms with van der Waals surface area (Å²) in [6.07, 6.45) is -11.0. The number of ether oxygens (including phenoxy) is 4. The SMILES string of the molecule is C[C@]12CCC3[C@@H](CC[C@]4(O)CC(O[C@H]5[C@H](O[C@H]6[C@H](O)[C@@H](O)[C@@H](O)O[C@@H]6CO)O[C@H](CO)[C@H](O)[C@@H]5O)CC[C@]34CO)[C@@]1(O)CC[C@@H]2c1ccc(=O)oc1. The second-order valence-corrected chi connectivity index (χ2v) is 16.5. The lowest BCUT2D eigenvalue weighted by molar-refractivity contribution is -0.365. The van der Waals surface area contributed by atoms with Crippen molar-refractivity contribution in [3.05, 3.63) is 34.4 Å². The van der Waals surface area contributed by atoms with Gasteiger partial charge in [0.1, 0.15) is 48.8 Å². The predicted octanol–water partition coefficient (Wildman–Crippen LogP) is -2.02. The largest absolute Gasteiger partial charge is 0.431 e. The molecule has 4 aliphatic carbocycles. The van der Waals surface area contributed by atoms with Crippen molar-refractivity contribution in [3.63, 3.8) is 0 Å². The third-order valence-electron chi connectivity index (χ3n) is 14.3. The highest BCUT2D eigenvalue weighted by Gasteiger charge is 2.71. The Hall–Kier alpha value is -1.61. The highest BCUT2D eigenvalue weighted by molar-refractivity contribution is 5.28. The van der Waals surface area contributed by atoms with E-state index in [1.807, 2.05) is 0 Å². The Kier molecular flexibility index (Phi) is 10.5. The molecule has 18 atom stereocenters. The molecule has 0 amide bonds. The fraction of sp³-hybridized carbons (Fsp3) is 0.861. The Bertz CT molecular complexity index is 1460. The standard InChI is InChI=1S/C36H54O16/c1-33-8-5-20-21(36(33,47)11-7-19(33)17-2-3-24(40)48-15-17)6-10-35(46)12-18(4-9-34(20,35)16-39)49-30-26(42)25(41)22(13-37)51-32(30)52-29-23(14-38)50-31(45)28(44)27(29)43/h2-3,15,18-23,25-32,37-39,41-47H,4-14,16H2,1H3/t18?,19-,20?,21-,22-,23-,25+,26+,27-,28-,29-,30-,31+,32+,33-,34+,35+,36+/m1/s1. The topological polar surface area (TPSA) is 269 Å². The van der Waals surface area contributed by atoms with Crippen LogP contribution in [0.4, 0.5) is 0 Å². The smallest absolute Gasteiger partial charge is 0.335 e. The van der Waals surface area contributed by atoms with Crippen molar-refractivity contribution in [1.82, 2.24) is 0 Å². The summed E-state index contributed by atoms with van der Waals surface area (Å²) in [6, 6.07) is 3.17. The maximum absolute atomic E-state index is 12.6. The van der Waals surface area contributed by atoms with Crippen LogP contribution < -0.4 is 5.63 Å². The van der Waals surface area contributed by atoms with Crippen molar-refractivity contribution in [1.29, 1.82) is 0 Å². The molecule has 10 N–H and O–H groups in total. The lowest BCUT2D eigenvalue weighted by atomic mass is 9.41. The van der Waals surface area contributed by atoms with E-state index in [1.165, 1.54) is 12.3 Å². The summed E-state index contributed by atoms with van der Waals surface area (Å²) < 4.78 is 28.5. The van der Waals surface area contributed by atoms with E-state index in [9.17, 15) is 55.9 Å². The molecule has 6 aliphatic rings. The van der Waals surface area contributed by atoms with Crippen LogP contribution in [0.1, 0.15) is 76.2 Å². The van der Waals surface area contributed by atoms with Crippen molar-refractivity contribution >= 4 is 0 Å². The first-order valence-electron chi connectivity index (χ1n) is 18.5. The Morgan fingerprint density at radius 3 is 2.15 bits per heavy atom. The molecule has 0 aromatic carbocycles. The van der Waals surface area contributed by atoms with Crippen LogP contribution in [0, 0.1) is 22.7 Å². The van der Waals surface area contributed by atoms with E-state index in [2.05, 4.69) is 6.92 Å². The van der Waals surface area contributed by atoms with Gasteiger partial charge in [0.2, 0.25) is 0 Å². The summed E-state index contributed by atoms with van der Waals surface area (Å²) >= 11 is 0. The molecule has 3 heterocycles. The molecule has 52 heavy (non-hydrogen) atoms. The minimum absolute atomic E-state index is 0.0276. The monoisotopic (exact) mass is 742 g/mol. The first-order chi connectivity index (χ1) is 24.7. The van der Waals surface area contributed by atoms with E-state index in [0.717, 1.165) is 5.56 Å². The van der Waals surface area contributed by atoms with Crippen LogP contribution in [0.15, 0.2) is 27.6 Å². The third-order valence-corrected chi connectivity index (χ3v) is 14.3. The average molecular weight is 743 g/mol. The van der Waals surface area contributed by atoms with Gasteiger partial charge in [-0.15, -0.1) is 0 Å². The predicted molar refractivity (Wildman–Crippen MR) is 175 cm³/mol. The van der Waals surface area contributed by atoms with Crippen LogP contribution in [0.3, 0.4) is 0 Å². The molecule has 0 bridgehead atoms. The molecule has 7 rings (SSSR count). The van der Waals surface area contributed by atoms with E-state index < -0.39 is 108 Å². The summed E-state index contributed by atoms with van der Waals surface area (Å²) in [4.78, 5) is 11.7. The lowest BCUT2D eigenvalue weighted by Crippen LogP contribution is -2.69. The van der Waals surface area contributed by atoms with Gasteiger partial charge in [-0.2, -0.15) is 0 Å². The highest BCUT2D eigenvalue weighted by atomic mass is 16.7. The van der Waals surface area contributed by atoms with E-state index >= 15 is 0 Å². The second-order valence-electron chi connectivity index (χ2n) is 16.5. The summed E-state index contributed by atoms with van der Waals surface area (Å²) in [5.74, 6) is -0.439. The zero-order valence-electron chi connectivity index (χ0n) is 29.2. The Labute approximate surface area is 300 Å². The number of aliphatic hydroxyl groups excluding tert-OH is 8. The van der Waals surface area contributed by atoms with Gasteiger partial charge in [-0.1, -0.05) is 6.92 Å². The number of rotatable bonds is 8. The molecule has 1 aromatic rings. The van der Waals surface area contributed by atoms with Gasteiger partial charge in [0.15, 0.2) is 12.6 Å². The van der Waals surface area contributed by atoms with E-state index in [-0.39, 0.29) is 37.2 Å². The fourth-order valence-corrected chi connectivity index (χ4v) is 11.5. The van der Waals surface area contributed by atoms with Gasteiger partial charge >= 0.3 is 5.63 Å². The third kappa shape index (κ3) is 5.84. The molecule has 16 nitrogen and oxygen atoms in total. The van der Waals surface area contributed by atoms with Crippen molar-refractivity contribution in [2.45, 2.75) is 149 Å². The Morgan fingerprint density at radius 2 is 1.48 bits per heavy atom. The maximum atomic E-state index is 12.6. The molecule has 294 valence electrons. The summed E-state index contributed by atoms with van der Waals surface area (Å²) in [6.45, 7) is 0.348. The molecule has 4 saturated carbocycles. The Balaban J connectivity index is 1.10. The van der Waals surface area contributed by atoms with E-state index in [4.69, 9.17) is 23.4 Å². The zero-order chi connectivity index (χ0) is 37.4. The summed E-state index contributed by atoms with van der Waals surface area (Å²) in [5.41, 5.74) is -3.54. The van der Waals surface area contributed by atoms with Gasteiger partial charge in [-0.05, 0) is 80.8 Å². The molecule has 6 fully saturated rings. The maximum Gasteiger partial charge on any atom is 0.335 e. The number of hydrogen-bond donors (Lipinski definition) is 10. The van der Waals surface area contributed by atoms with Crippen molar-refractivity contribution in [2.24, 2.45) is 22.7 Å². The minimum atomic E-state index is -1.81. The first kappa shape index (κ1) is 38.7. The van der Waals surface area contributed by atoms with Gasteiger partial charge < -0.3 is 74.4 Å². The molecule has 2 unspecified atom stereocenters. The van der Waals surface area contributed by atoms with Crippen LogP contribution >= 0.6 is 0 Å². The summed E-state index contributed by atoms with van der Waals surface area (Å²) in [5, 5.41) is 109. The molecular formula is C36H54O16. The number of fused-ring (bicyclic) bond motifs is 5. The van der Waals surface area contributed by atoms with Gasteiger partial charge in [0.05, 0.1) is 43.4 Å².